The fraction of sp³-hybridized carbons (Fsp3) is 0.267. The number of nitrogens with two attached hydrogens (primary N) is 1. The van der Waals surface area contributed by atoms with E-state index < -0.39 is 11.9 Å². The SMILES string of the molecule is Cc1cc(C(N)c2cc3c(cc2F)NC(=O)CC3)co1. The van der Waals surface area contributed by atoms with Gasteiger partial charge in [-0.15, -0.1) is 0 Å². The van der Waals surface area contributed by atoms with E-state index >= 15 is 0 Å². The number of nitrogens with one attached hydrogen (secondary N) is 1. The highest BCUT2D eigenvalue weighted by Crippen LogP contribution is 2.30. The summed E-state index contributed by atoms with van der Waals surface area (Å²) in [5.41, 5.74) is 8.71. The number of carbonyl (C=O) groups excluding carboxylic acids is 1. The molecular formula is C15H15FN2O2. The third-order valence-electron chi connectivity index (χ3n) is 3.56. The van der Waals surface area contributed by atoms with Gasteiger partial charge in [-0.25, -0.2) is 4.39 Å². The van der Waals surface area contributed by atoms with Crippen LogP contribution in [-0.2, 0) is 11.2 Å². The smallest absolute Gasteiger partial charge is 0.224 e. The minimum Gasteiger partial charge on any atom is -0.469 e. The number of hydrogen-bond donors (Lipinski definition) is 2. The average molecular weight is 274 g/mol. The lowest BCUT2D eigenvalue weighted by Crippen LogP contribution is -2.21. The molecule has 1 atom stereocenters. The Balaban J connectivity index is 2.00. The van der Waals surface area contributed by atoms with Crippen LogP contribution in [0.25, 0.3) is 0 Å². The number of anilines is 1. The van der Waals surface area contributed by atoms with Crippen molar-refractivity contribution in [3.8, 4) is 0 Å². The fourth-order valence-corrected chi connectivity index (χ4v) is 2.47. The Morgan fingerprint density at radius 3 is 2.85 bits per heavy atom. The van der Waals surface area contributed by atoms with Crippen LogP contribution >= 0.6 is 0 Å². The van der Waals surface area contributed by atoms with Gasteiger partial charge in [-0.3, -0.25) is 4.79 Å². The highest BCUT2D eigenvalue weighted by atomic mass is 19.1. The van der Waals surface area contributed by atoms with E-state index in [0.717, 1.165) is 16.9 Å². The molecule has 3 N–H and O–H groups in total. The number of benzene rings is 1. The Labute approximate surface area is 115 Å². The molecule has 0 aliphatic carbocycles. The molecule has 1 aliphatic heterocycles. The molecule has 2 heterocycles. The largest absolute Gasteiger partial charge is 0.469 e. The van der Waals surface area contributed by atoms with Gasteiger partial charge in [-0.2, -0.15) is 0 Å². The third-order valence-corrected chi connectivity index (χ3v) is 3.56. The maximum Gasteiger partial charge on any atom is 0.224 e. The first-order valence-corrected chi connectivity index (χ1v) is 6.47. The van der Waals surface area contributed by atoms with Crippen molar-refractivity contribution < 1.29 is 13.6 Å². The summed E-state index contributed by atoms with van der Waals surface area (Å²) in [4.78, 5) is 11.3. The molecule has 4 nitrogen and oxygen atoms in total. The molecule has 104 valence electrons. The van der Waals surface area contributed by atoms with E-state index in [1.807, 2.05) is 6.92 Å². The maximum absolute atomic E-state index is 14.2. The quantitative estimate of drug-likeness (QED) is 0.884. The molecule has 1 aromatic carbocycles. The van der Waals surface area contributed by atoms with Crippen molar-refractivity contribution in [1.82, 2.24) is 0 Å². The van der Waals surface area contributed by atoms with Crippen molar-refractivity contribution in [3.05, 3.63) is 52.7 Å². The lowest BCUT2D eigenvalue weighted by Gasteiger charge is -2.20. The molecule has 0 fully saturated rings. The zero-order valence-corrected chi connectivity index (χ0v) is 11.1. The van der Waals surface area contributed by atoms with Crippen molar-refractivity contribution >= 4 is 11.6 Å². The van der Waals surface area contributed by atoms with Crippen LogP contribution in [0, 0.1) is 12.7 Å². The van der Waals surface area contributed by atoms with Crippen molar-refractivity contribution in [1.29, 1.82) is 0 Å². The van der Waals surface area contributed by atoms with Crippen LogP contribution in [-0.4, -0.2) is 5.91 Å². The number of aryl methyl sites for hydroxylation is 2. The van der Waals surface area contributed by atoms with Crippen molar-refractivity contribution in [2.45, 2.75) is 25.8 Å². The molecule has 5 heteroatoms. The van der Waals surface area contributed by atoms with Crippen LogP contribution in [0.5, 0.6) is 0 Å². The number of furan rings is 1. The second kappa shape index (κ2) is 4.76. The molecule has 1 aliphatic rings. The maximum atomic E-state index is 14.2. The molecule has 0 saturated heterocycles. The first-order chi connectivity index (χ1) is 9.54. The van der Waals surface area contributed by atoms with Crippen LogP contribution in [0.15, 0.2) is 28.9 Å². The van der Waals surface area contributed by atoms with Gasteiger partial charge >= 0.3 is 0 Å². The first-order valence-electron chi connectivity index (χ1n) is 6.47. The fourth-order valence-electron chi connectivity index (χ4n) is 2.47. The number of carbonyl (C=O) groups is 1. The topological polar surface area (TPSA) is 68.3 Å². The Kier molecular flexibility index (Phi) is 3.06. The Hall–Kier alpha value is -2.14. The van der Waals surface area contributed by atoms with E-state index in [2.05, 4.69) is 5.32 Å². The Morgan fingerprint density at radius 2 is 2.15 bits per heavy atom. The summed E-state index contributed by atoms with van der Waals surface area (Å²) >= 11 is 0. The number of rotatable bonds is 2. The molecule has 3 rings (SSSR count). The van der Waals surface area contributed by atoms with Gasteiger partial charge in [-0.05, 0) is 37.1 Å². The standard InChI is InChI=1S/C15H15FN2O2/c1-8-4-10(7-20-8)15(17)11-5-9-2-3-14(19)18-13(9)6-12(11)16/h4-7,15H,2-3,17H2,1H3,(H,18,19). The lowest BCUT2D eigenvalue weighted by molar-refractivity contribution is -0.116. The van der Waals surface area contributed by atoms with Gasteiger partial charge in [-0.1, -0.05) is 0 Å². The number of fused-ring (bicyclic) bond motifs is 1. The predicted molar refractivity (Wildman–Crippen MR) is 72.8 cm³/mol. The monoisotopic (exact) mass is 274 g/mol. The van der Waals surface area contributed by atoms with E-state index in [-0.39, 0.29) is 5.91 Å². The van der Waals surface area contributed by atoms with Gasteiger partial charge in [0, 0.05) is 23.2 Å². The minimum absolute atomic E-state index is 0.0839. The predicted octanol–water partition coefficient (Wildman–Crippen LogP) is 2.66. The summed E-state index contributed by atoms with van der Waals surface area (Å²) < 4.78 is 19.4. The van der Waals surface area contributed by atoms with Crippen molar-refractivity contribution in [3.63, 3.8) is 0 Å². The summed E-state index contributed by atoms with van der Waals surface area (Å²) in [6.07, 6.45) is 2.56. The summed E-state index contributed by atoms with van der Waals surface area (Å²) in [7, 11) is 0. The molecule has 0 saturated carbocycles. The normalized spacial score (nSPS) is 15.7. The lowest BCUT2D eigenvalue weighted by atomic mass is 9.94. The number of hydrogen-bond acceptors (Lipinski definition) is 3. The van der Waals surface area contributed by atoms with Crippen LogP contribution in [0.2, 0.25) is 0 Å². The minimum atomic E-state index is -0.574. The van der Waals surface area contributed by atoms with Crippen molar-refractivity contribution in [2.24, 2.45) is 5.73 Å². The summed E-state index contributed by atoms with van der Waals surface area (Å²) in [5.74, 6) is 0.234. The highest BCUT2D eigenvalue weighted by Gasteiger charge is 2.21. The van der Waals surface area contributed by atoms with Crippen LogP contribution in [0.3, 0.4) is 0 Å². The highest BCUT2D eigenvalue weighted by molar-refractivity contribution is 5.93. The number of halogens is 1. The van der Waals surface area contributed by atoms with Gasteiger partial charge in [0.1, 0.15) is 11.6 Å². The molecule has 0 spiro atoms. The van der Waals surface area contributed by atoms with Crippen LogP contribution in [0.4, 0.5) is 10.1 Å². The summed E-state index contributed by atoms with van der Waals surface area (Å²) in [6.45, 7) is 1.81. The van der Waals surface area contributed by atoms with Gasteiger partial charge in [0.25, 0.3) is 0 Å². The molecule has 0 bridgehead atoms. The van der Waals surface area contributed by atoms with E-state index in [0.29, 0.717) is 24.1 Å². The van der Waals surface area contributed by atoms with Gasteiger partial charge in [0.2, 0.25) is 5.91 Å². The molecule has 1 aromatic heterocycles. The van der Waals surface area contributed by atoms with Gasteiger partial charge in [0.15, 0.2) is 0 Å². The van der Waals surface area contributed by atoms with E-state index in [1.165, 1.54) is 6.07 Å². The second-order valence-electron chi connectivity index (χ2n) is 5.05. The first kappa shape index (κ1) is 12.9. The number of amides is 1. The van der Waals surface area contributed by atoms with E-state index in [4.69, 9.17) is 10.2 Å². The molecule has 1 amide bonds. The van der Waals surface area contributed by atoms with Crippen molar-refractivity contribution in [2.75, 3.05) is 5.32 Å². The molecule has 0 radical (unpaired) electrons. The van der Waals surface area contributed by atoms with E-state index in [9.17, 15) is 9.18 Å². The molecule has 1 unspecified atom stereocenters. The van der Waals surface area contributed by atoms with E-state index in [1.54, 1.807) is 18.4 Å². The molecule has 20 heavy (non-hydrogen) atoms. The zero-order chi connectivity index (χ0) is 14.3. The van der Waals surface area contributed by atoms with Crippen LogP contribution in [0.1, 0.15) is 34.9 Å². The molecular weight excluding hydrogens is 259 g/mol. The summed E-state index contributed by atoms with van der Waals surface area (Å²) in [6, 6.07) is 4.30. The Bertz CT molecular complexity index is 679. The summed E-state index contributed by atoms with van der Waals surface area (Å²) in [5, 5.41) is 2.67. The second-order valence-corrected chi connectivity index (χ2v) is 5.05. The van der Waals surface area contributed by atoms with Crippen LogP contribution < -0.4 is 11.1 Å². The third kappa shape index (κ3) is 2.20. The van der Waals surface area contributed by atoms with Gasteiger partial charge < -0.3 is 15.5 Å². The average Bonchev–Trinajstić information content (AvgIpc) is 2.84. The van der Waals surface area contributed by atoms with Gasteiger partial charge in [0.05, 0.1) is 12.3 Å². The molecule has 2 aromatic rings. The zero-order valence-electron chi connectivity index (χ0n) is 11.1. The Morgan fingerprint density at radius 1 is 1.35 bits per heavy atom.